The van der Waals surface area contributed by atoms with Gasteiger partial charge in [-0.1, -0.05) is 17.8 Å². The largest absolute Gasteiger partial charge is 0.480 e. The van der Waals surface area contributed by atoms with Crippen LogP contribution in [0.15, 0.2) is 23.2 Å². The number of rotatable bonds is 3. The summed E-state index contributed by atoms with van der Waals surface area (Å²) in [6.45, 7) is 2.81. The maximum Gasteiger partial charge on any atom is 0.433 e. The molecule has 17 heavy (non-hydrogen) atoms. The number of aromatic nitrogens is 1. The van der Waals surface area contributed by atoms with Crippen molar-refractivity contribution in [3.63, 3.8) is 0 Å². The number of pyridine rings is 1. The Balaban J connectivity index is 2.98. The van der Waals surface area contributed by atoms with Gasteiger partial charge in [0.2, 0.25) is 0 Å². The molecule has 0 fully saturated rings. The number of halogens is 3. The molecule has 94 valence electrons. The molecule has 0 saturated carbocycles. The van der Waals surface area contributed by atoms with E-state index in [1.165, 1.54) is 26.0 Å². The van der Waals surface area contributed by atoms with Crippen molar-refractivity contribution in [2.24, 2.45) is 0 Å². The van der Waals surface area contributed by atoms with Gasteiger partial charge in [0.25, 0.3) is 0 Å². The van der Waals surface area contributed by atoms with Crippen LogP contribution in [-0.4, -0.2) is 20.8 Å². The summed E-state index contributed by atoms with van der Waals surface area (Å²) in [4.78, 5) is 14.2. The van der Waals surface area contributed by atoms with Crippen molar-refractivity contribution in [1.82, 2.24) is 4.98 Å². The molecule has 0 saturated heterocycles. The fraction of sp³-hybridized carbons (Fsp3) is 0.400. The lowest BCUT2D eigenvalue weighted by Gasteiger charge is -2.18. The van der Waals surface area contributed by atoms with E-state index in [0.29, 0.717) is 0 Å². The molecular weight excluding hydrogens is 255 g/mol. The molecule has 0 aliphatic heterocycles. The number of nitrogens with zero attached hydrogens (tertiary/aromatic N) is 1. The van der Waals surface area contributed by atoms with Crippen LogP contribution in [0.3, 0.4) is 0 Å². The molecule has 0 aromatic carbocycles. The van der Waals surface area contributed by atoms with Crippen molar-refractivity contribution < 1.29 is 23.1 Å². The minimum Gasteiger partial charge on any atom is -0.480 e. The first-order chi connectivity index (χ1) is 7.63. The summed E-state index contributed by atoms with van der Waals surface area (Å²) >= 11 is 0.774. The summed E-state index contributed by atoms with van der Waals surface area (Å²) < 4.78 is 35.9. The second kappa shape index (κ2) is 4.56. The topological polar surface area (TPSA) is 50.2 Å². The van der Waals surface area contributed by atoms with Gasteiger partial charge in [0.1, 0.15) is 10.4 Å². The highest BCUT2D eigenvalue weighted by Crippen LogP contribution is 2.34. The number of carboxylic acid groups (broad SMARTS) is 1. The van der Waals surface area contributed by atoms with E-state index in [2.05, 4.69) is 4.98 Å². The molecule has 0 atom stereocenters. The summed E-state index contributed by atoms with van der Waals surface area (Å²) in [6.07, 6.45) is -4.52. The monoisotopic (exact) mass is 265 g/mol. The molecule has 0 unspecified atom stereocenters. The van der Waals surface area contributed by atoms with Gasteiger partial charge in [-0.05, 0) is 26.0 Å². The molecule has 0 aliphatic carbocycles. The Morgan fingerprint density at radius 2 is 1.94 bits per heavy atom. The first-order valence-electron chi connectivity index (χ1n) is 4.59. The Labute approximate surface area is 100 Å². The summed E-state index contributed by atoms with van der Waals surface area (Å²) in [6, 6.07) is 3.40. The van der Waals surface area contributed by atoms with Gasteiger partial charge >= 0.3 is 12.1 Å². The second-order valence-corrected chi connectivity index (χ2v) is 5.42. The zero-order chi connectivity index (χ0) is 13.3. The Kier molecular flexibility index (Phi) is 3.71. The minimum atomic E-state index is -4.52. The predicted molar refractivity (Wildman–Crippen MR) is 56.8 cm³/mol. The van der Waals surface area contributed by atoms with Crippen molar-refractivity contribution in [2.75, 3.05) is 0 Å². The minimum absolute atomic E-state index is 0.0345. The molecule has 0 aliphatic rings. The van der Waals surface area contributed by atoms with Crippen LogP contribution in [0.5, 0.6) is 0 Å². The van der Waals surface area contributed by atoms with Crippen molar-refractivity contribution >= 4 is 17.7 Å². The molecule has 0 amide bonds. The SMILES string of the molecule is CC(C)(Sc1cccc(C(F)(F)F)n1)C(=O)O. The number of alkyl halides is 3. The van der Waals surface area contributed by atoms with E-state index in [-0.39, 0.29) is 5.03 Å². The van der Waals surface area contributed by atoms with Gasteiger partial charge in [-0.25, -0.2) is 4.98 Å². The van der Waals surface area contributed by atoms with Crippen molar-refractivity contribution in [3.8, 4) is 0 Å². The normalized spacial score (nSPS) is 12.5. The second-order valence-electron chi connectivity index (χ2n) is 3.78. The molecule has 1 aromatic rings. The highest BCUT2D eigenvalue weighted by Gasteiger charge is 2.34. The van der Waals surface area contributed by atoms with Crippen molar-refractivity contribution in [2.45, 2.75) is 29.8 Å². The average molecular weight is 265 g/mol. The van der Waals surface area contributed by atoms with E-state index in [4.69, 9.17) is 5.11 Å². The molecule has 0 bridgehead atoms. The summed E-state index contributed by atoms with van der Waals surface area (Å²) in [5.41, 5.74) is -1.02. The molecule has 1 rings (SSSR count). The zero-order valence-electron chi connectivity index (χ0n) is 9.08. The standard InChI is InChI=1S/C10H10F3NO2S/c1-9(2,8(15)16)17-7-5-3-4-6(14-7)10(11,12)13/h3-5H,1-2H3,(H,15,16). The zero-order valence-corrected chi connectivity index (χ0v) is 9.89. The van der Waals surface area contributed by atoms with Crippen LogP contribution in [0.2, 0.25) is 0 Å². The lowest BCUT2D eigenvalue weighted by atomic mass is 10.2. The van der Waals surface area contributed by atoms with Crippen molar-refractivity contribution in [3.05, 3.63) is 23.9 Å². The van der Waals surface area contributed by atoms with Gasteiger partial charge in [0.15, 0.2) is 0 Å². The van der Waals surface area contributed by atoms with E-state index < -0.39 is 22.6 Å². The molecule has 1 aromatic heterocycles. The Morgan fingerprint density at radius 3 is 2.41 bits per heavy atom. The first-order valence-corrected chi connectivity index (χ1v) is 5.41. The van der Waals surface area contributed by atoms with E-state index in [1.807, 2.05) is 0 Å². The average Bonchev–Trinajstić information content (AvgIpc) is 2.15. The predicted octanol–water partition coefficient (Wildman–Crippen LogP) is 3.06. The lowest BCUT2D eigenvalue weighted by Crippen LogP contribution is -2.27. The van der Waals surface area contributed by atoms with E-state index in [0.717, 1.165) is 17.8 Å². The summed E-state index contributed by atoms with van der Waals surface area (Å²) in [5.74, 6) is -1.11. The third kappa shape index (κ3) is 3.62. The highest BCUT2D eigenvalue weighted by atomic mass is 32.2. The Bertz CT molecular complexity index is 432. The van der Waals surface area contributed by atoms with Crippen LogP contribution in [-0.2, 0) is 11.0 Å². The van der Waals surface area contributed by atoms with Gasteiger partial charge in [0, 0.05) is 0 Å². The van der Waals surface area contributed by atoms with Crippen LogP contribution >= 0.6 is 11.8 Å². The molecular formula is C10H10F3NO2S. The fourth-order valence-electron chi connectivity index (χ4n) is 0.935. The van der Waals surface area contributed by atoms with Crippen LogP contribution in [0, 0.1) is 0 Å². The van der Waals surface area contributed by atoms with Gasteiger partial charge in [-0.3, -0.25) is 4.79 Å². The fourth-order valence-corrected chi connectivity index (χ4v) is 1.84. The van der Waals surface area contributed by atoms with Crippen molar-refractivity contribution in [1.29, 1.82) is 0 Å². The summed E-state index contributed by atoms with van der Waals surface area (Å²) in [5, 5.41) is 8.90. The van der Waals surface area contributed by atoms with E-state index >= 15 is 0 Å². The third-order valence-corrected chi connectivity index (χ3v) is 3.01. The number of carboxylic acids is 1. The van der Waals surface area contributed by atoms with Gasteiger partial charge < -0.3 is 5.11 Å². The van der Waals surface area contributed by atoms with Crippen LogP contribution in [0.4, 0.5) is 13.2 Å². The van der Waals surface area contributed by atoms with Crippen LogP contribution in [0.25, 0.3) is 0 Å². The third-order valence-electron chi connectivity index (χ3n) is 1.89. The van der Waals surface area contributed by atoms with Gasteiger partial charge in [0.05, 0.1) is 5.03 Å². The quantitative estimate of drug-likeness (QED) is 0.853. The molecule has 7 heteroatoms. The number of aliphatic carboxylic acids is 1. The van der Waals surface area contributed by atoms with Gasteiger partial charge in [-0.2, -0.15) is 13.2 Å². The molecule has 1 heterocycles. The molecule has 3 nitrogen and oxygen atoms in total. The van der Waals surface area contributed by atoms with E-state index in [9.17, 15) is 18.0 Å². The van der Waals surface area contributed by atoms with E-state index in [1.54, 1.807) is 0 Å². The van der Waals surface area contributed by atoms with Crippen LogP contribution in [0.1, 0.15) is 19.5 Å². The van der Waals surface area contributed by atoms with Gasteiger partial charge in [-0.15, -0.1) is 0 Å². The number of thioether (sulfide) groups is 1. The lowest BCUT2D eigenvalue weighted by molar-refractivity contribution is -0.141. The number of hydrogen-bond acceptors (Lipinski definition) is 3. The number of hydrogen-bond donors (Lipinski definition) is 1. The molecule has 0 spiro atoms. The Hall–Kier alpha value is -1.24. The Morgan fingerprint density at radius 1 is 1.35 bits per heavy atom. The van der Waals surface area contributed by atoms with Crippen LogP contribution < -0.4 is 0 Å². The molecule has 1 N–H and O–H groups in total. The smallest absolute Gasteiger partial charge is 0.433 e. The first kappa shape index (κ1) is 13.8. The maximum atomic E-state index is 12.4. The summed E-state index contributed by atoms with van der Waals surface area (Å²) in [7, 11) is 0. The maximum absolute atomic E-state index is 12.4. The number of carbonyl (C=O) groups is 1. The highest BCUT2D eigenvalue weighted by molar-refractivity contribution is 8.01. The molecule has 0 radical (unpaired) electrons.